The van der Waals surface area contributed by atoms with Gasteiger partial charge in [-0.2, -0.15) is 5.26 Å². The minimum atomic E-state index is -0.723. The molecule has 1 unspecified atom stereocenters. The quantitative estimate of drug-likeness (QED) is 0.0815. The number of rotatable bonds is 6. The highest BCUT2D eigenvalue weighted by atomic mass is 16.6. The van der Waals surface area contributed by atoms with Crippen molar-refractivity contribution in [3.8, 4) is 6.07 Å². The van der Waals surface area contributed by atoms with Crippen LogP contribution in [0.3, 0.4) is 0 Å². The minimum absolute atomic E-state index is 0.00116. The third kappa shape index (κ3) is 5.11. The Morgan fingerprint density at radius 3 is 2.49 bits per heavy atom. The maximum Gasteiger partial charge on any atom is 0.302 e. The Hall–Kier alpha value is -3.73. The average molecular weight is 558 g/mol. The van der Waals surface area contributed by atoms with E-state index in [1.807, 2.05) is 12.2 Å². The number of nitrogens with zero attached hydrogens (tertiary/aromatic N) is 2. The van der Waals surface area contributed by atoms with Crippen LogP contribution in [0.1, 0.15) is 77.7 Å². The van der Waals surface area contributed by atoms with Gasteiger partial charge in [-0.1, -0.05) is 37.6 Å². The first-order chi connectivity index (χ1) is 19.5. The number of primary amides is 1. The van der Waals surface area contributed by atoms with Gasteiger partial charge in [-0.25, -0.2) is 0 Å². The van der Waals surface area contributed by atoms with Crippen LogP contribution >= 0.6 is 0 Å². The van der Waals surface area contributed by atoms with Gasteiger partial charge in [0.15, 0.2) is 0 Å². The lowest BCUT2D eigenvalue weighted by atomic mass is 9.47. The standard InChI is InChI=1S/C33H39N3O5/c1-20(37)41-24-14-16-32(2)22(18-24)7-11-26-29-13-12-28(33(29,3)17-15-30(26)32)25(27(19-34)31(35)38)10-6-21-4-8-23(9-5-21)36(39)40/h4-10,24,26,28-30H,11-18H2,1-3H3,(H2,35,38)/b10-6+,27-25+/t24-,26-,28?,29-,30-,32-,33+/m0/s1. The number of ether oxygens (including phenoxy) is 1. The van der Waals surface area contributed by atoms with Gasteiger partial charge in [-0.3, -0.25) is 19.7 Å². The SMILES string of the molecule is CC(=O)O[C@H]1CC[C@@]2(C)C(=CC[C@@H]3[C@@H]2CC[C@]2(C)C(C(/C=C/c4ccc([N+](=O)[O-])cc4)=C(\C#N)C(N)=O)CC[C@@H]32)C1. The van der Waals surface area contributed by atoms with Gasteiger partial charge in [0.25, 0.3) is 11.6 Å². The van der Waals surface area contributed by atoms with Crippen LogP contribution in [0.2, 0.25) is 0 Å². The molecule has 3 saturated carbocycles. The van der Waals surface area contributed by atoms with Crippen molar-refractivity contribution in [3.63, 3.8) is 0 Å². The van der Waals surface area contributed by atoms with Crippen LogP contribution in [0.15, 0.2) is 53.1 Å². The topological polar surface area (TPSA) is 136 Å². The van der Waals surface area contributed by atoms with Crippen molar-refractivity contribution in [2.45, 2.75) is 78.2 Å². The Balaban J connectivity index is 1.44. The van der Waals surface area contributed by atoms with E-state index in [-0.39, 0.29) is 40.1 Å². The molecule has 8 nitrogen and oxygen atoms in total. The molecule has 3 fully saturated rings. The first-order valence-corrected chi connectivity index (χ1v) is 14.7. The van der Waals surface area contributed by atoms with Gasteiger partial charge in [0.1, 0.15) is 17.7 Å². The molecule has 5 rings (SSSR count). The van der Waals surface area contributed by atoms with E-state index in [0.717, 1.165) is 56.9 Å². The second-order valence-electron chi connectivity index (χ2n) is 12.9. The fourth-order valence-electron chi connectivity index (χ4n) is 9.00. The number of nitro groups is 1. The Kier molecular flexibility index (Phi) is 7.67. The lowest BCUT2D eigenvalue weighted by molar-refractivity contribution is -0.384. The fourth-order valence-corrected chi connectivity index (χ4v) is 9.00. The molecule has 0 aliphatic heterocycles. The maximum absolute atomic E-state index is 12.4. The molecule has 2 N–H and O–H groups in total. The number of carbonyl (C=O) groups excluding carboxylic acids is 2. The number of nitrogens with two attached hydrogens (primary N) is 1. The van der Waals surface area contributed by atoms with Crippen molar-refractivity contribution in [3.05, 3.63) is 68.8 Å². The van der Waals surface area contributed by atoms with Crippen LogP contribution in [0.5, 0.6) is 0 Å². The van der Waals surface area contributed by atoms with Crippen LogP contribution < -0.4 is 5.73 Å². The average Bonchev–Trinajstić information content (AvgIpc) is 3.28. The molecule has 8 heteroatoms. The molecule has 7 atom stereocenters. The summed E-state index contributed by atoms with van der Waals surface area (Å²) < 4.78 is 5.59. The van der Waals surface area contributed by atoms with Crippen molar-refractivity contribution in [1.29, 1.82) is 5.26 Å². The van der Waals surface area contributed by atoms with E-state index in [2.05, 4.69) is 26.0 Å². The smallest absolute Gasteiger partial charge is 0.302 e. The van der Waals surface area contributed by atoms with Crippen molar-refractivity contribution >= 4 is 23.6 Å². The number of hydrogen-bond acceptors (Lipinski definition) is 6. The molecule has 0 saturated heterocycles. The first-order valence-electron chi connectivity index (χ1n) is 14.7. The number of nitro benzene ring substituents is 1. The van der Waals surface area contributed by atoms with Gasteiger partial charge in [0, 0.05) is 25.5 Å². The molecule has 1 aromatic carbocycles. The number of hydrogen-bond donors (Lipinski definition) is 1. The lowest BCUT2D eigenvalue weighted by Gasteiger charge is -2.58. The molecule has 0 aromatic heterocycles. The number of amides is 1. The normalized spacial score (nSPS) is 34.8. The predicted octanol–water partition coefficient (Wildman–Crippen LogP) is 6.42. The summed E-state index contributed by atoms with van der Waals surface area (Å²) in [5.74, 6) is 0.630. The summed E-state index contributed by atoms with van der Waals surface area (Å²) in [4.78, 5) is 34.6. The zero-order valence-corrected chi connectivity index (χ0v) is 24.1. The number of carbonyl (C=O) groups is 2. The highest BCUT2D eigenvalue weighted by Crippen LogP contribution is 2.67. The van der Waals surface area contributed by atoms with Crippen LogP contribution in [0, 0.1) is 55.9 Å². The van der Waals surface area contributed by atoms with Crippen molar-refractivity contribution in [2.75, 3.05) is 0 Å². The summed E-state index contributed by atoms with van der Waals surface area (Å²) in [7, 11) is 0. The monoisotopic (exact) mass is 557 g/mol. The number of benzene rings is 1. The summed E-state index contributed by atoms with van der Waals surface area (Å²) in [6.45, 7) is 6.23. The molecule has 41 heavy (non-hydrogen) atoms. The number of allylic oxidation sites excluding steroid dienone is 3. The summed E-state index contributed by atoms with van der Waals surface area (Å²) in [5, 5.41) is 21.0. The zero-order valence-electron chi connectivity index (χ0n) is 24.1. The second kappa shape index (κ2) is 10.9. The molecule has 4 aliphatic rings. The van der Waals surface area contributed by atoms with E-state index in [1.54, 1.807) is 12.1 Å². The van der Waals surface area contributed by atoms with Gasteiger partial charge in [0.05, 0.1) is 4.92 Å². The van der Waals surface area contributed by atoms with Crippen LogP contribution in [0.4, 0.5) is 5.69 Å². The van der Waals surface area contributed by atoms with Crippen molar-refractivity contribution < 1.29 is 19.2 Å². The van der Waals surface area contributed by atoms with Crippen LogP contribution in [0.25, 0.3) is 6.08 Å². The maximum atomic E-state index is 12.4. The summed E-state index contributed by atoms with van der Waals surface area (Å²) >= 11 is 0. The van der Waals surface area contributed by atoms with Crippen molar-refractivity contribution in [1.82, 2.24) is 0 Å². The second-order valence-corrected chi connectivity index (χ2v) is 12.9. The molecule has 0 heterocycles. The fraction of sp³-hybridized carbons (Fsp3) is 0.545. The third-order valence-corrected chi connectivity index (χ3v) is 11.0. The van der Waals surface area contributed by atoms with Crippen LogP contribution in [-0.4, -0.2) is 22.9 Å². The van der Waals surface area contributed by atoms with Crippen molar-refractivity contribution in [2.24, 2.45) is 40.2 Å². The number of fused-ring (bicyclic) bond motifs is 5. The predicted molar refractivity (Wildman–Crippen MR) is 155 cm³/mol. The Labute approximate surface area is 241 Å². The molecule has 0 radical (unpaired) electrons. The molecule has 0 bridgehead atoms. The molecule has 4 aliphatic carbocycles. The lowest BCUT2D eigenvalue weighted by Crippen LogP contribution is -2.50. The minimum Gasteiger partial charge on any atom is -0.462 e. The van der Waals surface area contributed by atoms with Gasteiger partial charge < -0.3 is 10.5 Å². The van der Waals surface area contributed by atoms with E-state index >= 15 is 0 Å². The third-order valence-electron chi connectivity index (χ3n) is 11.0. The summed E-state index contributed by atoms with van der Waals surface area (Å²) in [5.41, 5.74) is 8.64. The van der Waals surface area contributed by atoms with Gasteiger partial charge >= 0.3 is 5.97 Å². The molecule has 1 amide bonds. The number of non-ortho nitro benzene ring substituents is 1. The summed E-state index contributed by atoms with van der Waals surface area (Å²) in [6, 6.07) is 8.30. The Morgan fingerprint density at radius 1 is 1.12 bits per heavy atom. The molecular weight excluding hydrogens is 518 g/mol. The largest absolute Gasteiger partial charge is 0.462 e. The van der Waals surface area contributed by atoms with Gasteiger partial charge in [0.2, 0.25) is 0 Å². The molecule has 0 spiro atoms. The number of nitriles is 1. The Morgan fingerprint density at radius 2 is 1.85 bits per heavy atom. The molecule has 216 valence electrons. The first kappa shape index (κ1) is 28.8. The van der Waals surface area contributed by atoms with Gasteiger partial charge in [-0.05, 0) is 103 Å². The van der Waals surface area contributed by atoms with E-state index in [0.29, 0.717) is 23.3 Å². The van der Waals surface area contributed by atoms with E-state index in [9.17, 15) is 25.0 Å². The van der Waals surface area contributed by atoms with E-state index in [1.165, 1.54) is 24.6 Å². The summed E-state index contributed by atoms with van der Waals surface area (Å²) in [6.07, 6.45) is 13.8. The van der Waals surface area contributed by atoms with E-state index < -0.39 is 10.8 Å². The van der Waals surface area contributed by atoms with E-state index in [4.69, 9.17) is 10.5 Å². The molecule has 1 aromatic rings. The highest BCUT2D eigenvalue weighted by molar-refractivity contribution is 5.97. The molecular formula is C33H39N3O5. The highest BCUT2D eigenvalue weighted by Gasteiger charge is 2.59. The van der Waals surface area contributed by atoms with Crippen LogP contribution in [-0.2, 0) is 14.3 Å². The van der Waals surface area contributed by atoms with Gasteiger partial charge in [-0.15, -0.1) is 0 Å². The number of esters is 1. The zero-order chi connectivity index (χ0) is 29.5. The Bertz CT molecular complexity index is 1390.